The summed E-state index contributed by atoms with van der Waals surface area (Å²) in [6, 6.07) is 0.417. The third-order valence-corrected chi connectivity index (χ3v) is 4.43. The van der Waals surface area contributed by atoms with E-state index in [2.05, 4.69) is 17.1 Å². The van der Waals surface area contributed by atoms with E-state index in [0.29, 0.717) is 6.04 Å². The number of likely N-dealkylation sites (N-methyl/N-ethyl adjacent to an activating group) is 2. The zero-order valence-electron chi connectivity index (χ0n) is 13.4. The molecule has 5 nitrogen and oxygen atoms in total. The fourth-order valence-electron chi connectivity index (χ4n) is 3.19. The van der Waals surface area contributed by atoms with E-state index in [4.69, 9.17) is 9.47 Å². The summed E-state index contributed by atoms with van der Waals surface area (Å²) in [6.45, 7) is 7.60. The molecule has 1 rings (SSSR count). The number of nitrogens with one attached hydrogen (secondary N) is 1. The number of nitrogens with zero attached hydrogens (tertiary/aromatic N) is 1. The molecule has 2 atom stereocenters. The summed E-state index contributed by atoms with van der Waals surface area (Å²) in [5.41, 5.74) is -0.517. The fraction of sp³-hybridized carbons (Fsp3) is 0.933. The Morgan fingerprint density at radius 3 is 2.75 bits per heavy atom. The average molecular weight is 286 g/mol. The van der Waals surface area contributed by atoms with E-state index in [1.54, 1.807) is 0 Å². The molecule has 2 unspecified atom stereocenters. The largest absolute Gasteiger partial charge is 0.468 e. The molecule has 1 aliphatic carbocycles. The molecule has 0 bridgehead atoms. The summed E-state index contributed by atoms with van der Waals surface area (Å²) >= 11 is 0. The lowest BCUT2D eigenvalue weighted by atomic mass is 9.78. The van der Waals surface area contributed by atoms with Gasteiger partial charge in [0.05, 0.1) is 13.7 Å². The minimum atomic E-state index is -0.517. The summed E-state index contributed by atoms with van der Waals surface area (Å²) in [7, 11) is 3.33. The summed E-state index contributed by atoms with van der Waals surface area (Å²) in [5, 5.41) is 3.21. The minimum absolute atomic E-state index is 0.134. The van der Waals surface area contributed by atoms with Crippen molar-refractivity contribution in [3.63, 3.8) is 0 Å². The van der Waals surface area contributed by atoms with Crippen LogP contribution in [0.15, 0.2) is 0 Å². The van der Waals surface area contributed by atoms with Crippen molar-refractivity contribution in [3.8, 4) is 0 Å². The van der Waals surface area contributed by atoms with Gasteiger partial charge in [0.15, 0.2) is 0 Å². The second kappa shape index (κ2) is 8.60. The number of methoxy groups -OCH3 is 1. The third-order valence-electron chi connectivity index (χ3n) is 4.43. The van der Waals surface area contributed by atoms with Crippen molar-refractivity contribution < 1.29 is 14.3 Å². The topological polar surface area (TPSA) is 50.8 Å². The highest BCUT2D eigenvalue weighted by atomic mass is 16.5. The Hall–Kier alpha value is -0.650. The normalized spacial score (nSPS) is 26.8. The fourth-order valence-corrected chi connectivity index (χ4v) is 3.19. The Labute approximate surface area is 123 Å². The van der Waals surface area contributed by atoms with Crippen molar-refractivity contribution in [1.29, 1.82) is 0 Å². The molecule has 0 spiro atoms. The highest BCUT2D eigenvalue weighted by molar-refractivity contribution is 5.81. The highest BCUT2D eigenvalue weighted by Crippen LogP contribution is 2.32. The van der Waals surface area contributed by atoms with Gasteiger partial charge in [-0.3, -0.25) is 9.69 Å². The lowest BCUT2D eigenvalue weighted by molar-refractivity contribution is -0.151. The zero-order valence-corrected chi connectivity index (χ0v) is 13.4. The Kier molecular flexibility index (Phi) is 7.48. The molecule has 0 heterocycles. The van der Waals surface area contributed by atoms with Gasteiger partial charge in [-0.1, -0.05) is 6.92 Å². The van der Waals surface area contributed by atoms with Crippen LogP contribution in [0.25, 0.3) is 0 Å². The number of rotatable bonds is 8. The van der Waals surface area contributed by atoms with Crippen LogP contribution in [0, 0.1) is 0 Å². The average Bonchev–Trinajstić information content (AvgIpc) is 2.50. The van der Waals surface area contributed by atoms with E-state index in [1.807, 2.05) is 14.0 Å². The molecule has 1 saturated carbocycles. The second-order valence-electron chi connectivity index (χ2n) is 5.40. The number of esters is 1. The maximum atomic E-state index is 12.1. The number of carbonyl (C=O) groups excluding carboxylic acids is 1. The number of hydrogen-bond donors (Lipinski definition) is 1. The van der Waals surface area contributed by atoms with Crippen LogP contribution in [0.1, 0.15) is 39.5 Å². The molecule has 0 aromatic carbocycles. The first-order valence-corrected chi connectivity index (χ1v) is 7.72. The molecule has 118 valence electrons. The standard InChI is InChI=1S/C15H30N2O3/c1-5-17(10-11-20-6-2)13-8-7-9-15(12-13,16-3)14(18)19-4/h13,16H,5-12H2,1-4H3. The van der Waals surface area contributed by atoms with E-state index in [0.717, 1.165) is 52.0 Å². The molecule has 1 aliphatic rings. The molecule has 1 N–H and O–H groups in total. The SMILES string of the molecule is CCOCCN(CC)C1CCCC(NC)(C(=O)OC)C1. The van der Waals surface area contributed by atoms with Gasteiger partial charge in [0.1, 0.15) is 5.54 Å². The molecule has 0 radical (unpaired) electrons. The van der Waals surface area contributed by atoms with E-state index >= 15 is 0 Å². The van der Waals surface area contributed by atoms with Gasteiger partial charge in [-0.25, -0.2) is 0 Å². The van der Waals surface area contributed by atoms with Gasteiger partial charge in [0.25, 0.3) is 0 Å². The van der Waals surface area contributed by atoms with Crippen LogP contribution in [-0.4, -0.2) is 62.9 Å². The quantitative estimate of drug-likeness (QED) is 0.540. The zero-order chi connectivity index (χ0) is 15.0. The lowest BCUT2D eigenvalue weighted by Gasteiger charge is -2.42. The van der Waals surface area contributed by atoms with Crippen molar-refractivity contribution >= 4 is 5.97 Å². The van der Waals surface area contributed by atoms with Gasteiger partial charge in [0.2, 0.25) is 0 Å². The van der Waals surface area contributed by atoms with Crippen molar-refractivity contribution in [2.45, 2.75) is 51.1 Å². The van der Waals surface area contributed by atoms with Crippen LogP contribution in [0.2, 0.25) is 0 Å². The van der Waals surface area contributed by atoms with E-state index in [-0.39, 0.29) is 5.97 Å². The molecule has 1 fully saturated rings. The molecule has 0 aliphatic heterocycles. The Bertz CT molecular complexity index is 299. The van der Waals surface area contributed by atoms with Gasteiger partial charge >= 0.3 is 5.97 Å². The second-order valence-corrected chi connectivity index (χ2v) is 5.40. The molecular weight excluding hydrogens is 256 g/mol. The van der Waals surface area contributed by atoms with Crippen LogP contribution < -0.4 is 5.32 Å². The smallest absolute Gasteiger partial charge is 0.326 e. The van der Waals surface area contributed by atoms with Crippen molar-refractivity contribution in [2.75, 3.05) is 40.5 Å². The molecule has 5 heteroatoms. The van der Waals surface area contributed by atoms with Crippen LogP contribution >= 0.6 is 0 Å². The summed E-state index contributed by atoms with van der Waals surface area (Å²) in [5.74, 6) is -0.134. The van der Waals surface area contributed by atoms with Gasteiger partial charge in [-0.15, -0.1) is 0 Å². The number of ether oxygens (including phenoxy) is 2. The predicted molar refractivity (Wildman–Crippen MR) is 79.8 cm³/mol. The van der Waals surface area contributed by atoms with Crippen LogP contribution in [0.4, 0.5) is 0 Å². The van der Waals surface area contributed by atoms with Crippen molar-refractivity contribution in [1.82, 2.24) is 10.2 Å². The predicted octanol–water partition coefficient (Wildman–Crippen LogP) is 1.42. The van der Waals surface area contributed by atoms with Gasteiger partial charge in [-0.05, 0) is 46.2 Å². The van der Waals surface area contributed by atoms with Crippen molar-refractivity contribution in [2.24, 2.45) is 0 Å². The van der Waals surface area contributed by atoms with E-state index in [1.165, 1.54) is 7.11 Å². The van der Waals surface area contributed by atoms with Gasteiger partial charge < -0.3 is 14.8 Å². The van der Waals surface area contributed by atoms with Crippen LogP contribution in [-0.2, 0) is 14.3 Å². The summed E-state index contributed by atoms with van der Waals surface area (Å²) in [4.78, 5) is 14.5. The molecule has 0 saturated heterocycles. The van der Waals surface area contributed by atoms with Crippen LogP contribution in [0.3, 0.4) is 0 Å². The molecule has 0 amide bonds. The maximum absolute atomic E-state index is 12.1. The van der Waals surface area contributed by atoms with Crippen molar-refractivity contribution in [3.05, 3.63) is 0 Å². The Morgan fingerprint density at radius 2 is 2.20 bits per heavy atom. The maximum Gasteiger partial charge on any atom is 0.326 e. The monoisotopic (exact) mass is 286 g/mol. The van der Waals surface area contributed by atoms with Gasteiger partial charge in [-0.2, -0.15) is 0 Å². The molecule has 0 aromatic rings. The number of hydrogen-bond acceptors (Lipinski definition) is 5. The number of carbonyl (C=O) groups is 1. The first-order chi connectivity index (χ1) is 9.63. The molecule has 0 aromatic heterocycles. The Balaban J connectivity index is 2.67. The van der Waals surface area contributed by atoms with E-state index in [9.17, 15) is 4.79 Å². The van der Waals surface area contributed by atoms with E-state index < -0.39 is 5.54 Å². The summed E-state index contributed by atoms with van der Waals surface area (Å²) < 4.78 is 10.5. The Morgan fingerprint density at radius 1 is 1.45 bits per heavy atom. The van der Waals surface area contributed by atoms with Gasteiger partial charge in [0, 0.05) is 19.2 Å². The minimum Gasteiger partial charge on any atom is -0.468 e. The first kappa shape index (κ1) is 17.4. The summed E-state index contributed by atoms with van der Waals surface area (Å²) in [6.07, 6.45) is 3.86. The third kappa shape index (κ3) is 4.17. The first-order valence-electron chi connectivity index (χ1n) is 7.72. The highest BCUT2D eigenvalue weighted by Gasteiger charge is 2.43. The van der Waals surface area contributed by atoms with Crippen LogP contribution in [0.5, 0.6) is 0 Å². The molecule has 20 heavy (non-hydrogen) atoms. The molecular formula is C15H30N2O3. The lowest BCUT2D eigenvalue weighted by Crippen LogP contribution is -2.57.